The monoisotopic (exact) mass is 478 g/mol. The number of carbonyl (C=O) groups is 2. The summed E-state index contributed by atoms with van der Waals surface area (Å²) in [6, 6.07) is 10.3. The summed E-state index contributed by atoms with van der Waals surface area (Å²) in [7, 11) is 0. The second kappa shape index (κ2) is 12.7. The number of ether oxygens (including phenoxy) is 1. The Hall–Kier alpha value is -2.24. The normalized spacial score (nSPS) is 11.7. The average molecular weight is 479 g/mol. The standard InChI is InChI=1S/C25H32Cl2N2O3/c1-5-7-13-28-25(31)22(6-2)29(15-19-11-12-20(26)21(27)14-19)24(30)16-32-23-10-8-9-17(3)18(23)4/h8-12,14,22H,5-7,13,15-16H2,1-4H3,(H,28,31)/t22-/m0/s1. The van der Waals surface area contributed by atoms with Crippen LogP contribution in [0.25, 0.3) is 0 Å². The first-order valence-corrected chi connectivity index (χ1v) is 11.7. The largest absolute Gasteiger partial charge is 0.483 e. The van der Waals surface area contributed by atoms with Gasteiger partial charge in [0.25, 0.3) is 5.91 Å². The summed E-state index contributed by atoms with van der Waals surface area (Å²) in [6.45, 7) is 8.56. The lowest BCUT2D eigenvalue weighted by molar-refractivity contribution is -0.143. The zero-order chi connectivity index (χ0) is 23.7. The Bertz CT molecular complexity index is 933. The van der Waals surface area contributed by atoms with Crippen LogP contribution in [0.15, 0.2) is 36.4 Å². The van der Waals surface area contributed by atoms with Crippen molar-refractivity contribution in [3.8, 4) is 5.75 Å². The zero-order valence-electron chi connectivity index (χ0n) is 19.2. The SMILES string of the molecule is CCCCNC(=O)[C@H](CC)N(Cc1ccc(Cl)c(Cl)c1)C(=O)COc1cccc(C)c1C. The molecule has 2 amide bonds. The van der Waals surface area contributed by atoms with E-state index in [1.807, 2.05) is 45.0 Å². The first-order valence-electron chi connectivity index (χ1n) is 11.0. The van der Waals surface area contributed by atoms with E-state index in [1.54, 1.807) is 17.0 Å². The van der Waals surface area contributed by atoms with Crippen molar-refractivity contribution in [3.05, 3.63) is 63.1 Å². The van der Waals surface area contributed by atoms with E-state index < -0.39 is 6.04 Å². The van der Waals surface area contributed by atoms with Crippen molar-refractivity contribution in [2.45, 2.75) is 59.5 Å². The summed E-state index contributed by atoms with van der Waals surface area (Å²) in [6.07, 6.45) is 2.35. The Morgan fingerprint density at radius 3 is 2.50 bits per heavy atom. The lowest BCUT2D eigenvalue weighted by atomic mass is 10.1. The molecule has 0 spiro atoms. The molecule has 5 nitrogen and oxygen atoms in total. The van der Waals surface area contributed by atoms with E-state index in [-0.39, 0.29) is 25.0 Å². The fourth-order valence-corrected chi connectivity index (χ4v) is 3.68. The smallest absolute Gasteiger partial charge is 0.261 e. The maximum Gasteiger partial charge on any atom is 0.261 e. The molecule has 7 heteroatoms. The van der Waals surface area contributed by atoms with Gasteiger partial charge in [-0.2, -0.15) is 0 Å². The van der Waals surface area contributed by atoms with Crippen molar-refractivity contribution in [2.24, 2.45) is 0 Å². The third-order valence-electron chi connectivity index (χ3n) is 5.46. The van der Waals surface area contributed by atoms with Crippen LogP contribution in [0.1, 0.15) is 49.8 Å². The van der Waals surface area contributed by atoms with Crippen LogP contribution in [0.3, 0.4) is 0 Å². The van der Waals surface area contributed by atoms with Gasteiger partial charge in [-0.05, 0) is 61.6 Å². The lowest BCUT2D eigenvalue weighted by Gasteiger charge is -2.30. The third kappa shape index (κ3) is 7.14. The van der Waals surface area contributed by atoms with Crippen molar-refractivity contribution in [2.75, 3.05) is 13.2 Å². The molecule has 0 aliphatic carbocycles. The number of unbranched alkanes of at least 4 members (excludes halogenated alkanes) is 1. The second-order valence-corrected chi connectivity index (χ2v) is 8.64. The molecule has 0 unspecified atom stereocenters. The average Bonchev–Trinajstić information content (AvgIpc) is 2.77. The Kier molecular flexibility index (Phi) is 10.3. The van der Waals surface area contributed by atoms with Gasteiger partial charge in [-0.1, -0.05) is 61.7 Å². The van der Waals surface area contributed by atoms with E-state index in [2.05, 4.69) is 12.2 Å². The van der Waals surface area contributed by atoms with Crippen LogP contribution >= 0.6 is 23.2 Å². The second-order valence-electron chi connectivity index (χ2n) is 7.83. The Labute approximate surface area is 201 Å². The summed E-state index contributed by atoms with van der Waals surface area (Å²) >= 11 is 12.2. The van der Waals surface area contributed by atoms with Crippen LogP contribution in [0, 0.1) is 13.8 Å². The van der Waals surface area contributed by atoms with Crippen molar-refractivity contribution in [1.29, 1.82) is 0 Å². The van der Waals surface area contributed by atoms with E-state index in [0.29, 0.717) is 28.8 Å². The van der Waals surface area contributed by atoms with Crippen molar-refractivity contribution >= 4 is 35.0 Å². The molecule has 0 fully saturated rings. The molecular formula is C25H32Cl2N2O3. The van der Waals surface area contributed by atoms with Gasteiger partial charge in [0.2, 0.25) is 5.91 Å². The minimum atomic E-state index is -0.615. The maximum absolute atomic E-state index is 13.3. The highest BCUT2D eigenvalue weighted by atomic mass is 35.5. The molecule has 0 aliphatic rings. The molecule has 1 atom stereocenters. The van der Waals surface area contributed by atoms with Gasteiger partial charge in [0.1, 0.15) is 11.8 Å². The van der Waals surface area contributed by atoms with Gasteiger partial charge in [0.05, 0.1) is 10.0 Å². The topological polar surface area (TPSA) is 58.6 Å². The molecular weight excluding hydrogens is 447 g/mol. The predicted octanol–water partition coefficient (Wildman–Crippen LogP) is 5.71. The molecule has 0 aliphatic heterocycles. The third-order valence-corrected chi connectivity index (χ3v) is 6.20. The predicted molar refractivity (Wildman–Crippen MR) is 130 cm³/mol. The molecule has 0 saturated carbocycles. The van der Waals surface area contributed by atoms with Crippen LogP contribution in [0.5, 0.6) is 5.75 Å². The molecule has 0 aromatic heterocycles. The van der Waals surface area contributed by atoms with E-state index in [0.717, 1.165) is 29.5 Å². The number of nitrogens with one attached hydrogen (secondary N) is 1. The summed E-state index contributed by atoms with van der Waals surface area (Å²) in [5.74, 6) is 0.226. The number of halogens is 2. The number of aryl methyl sites for hydroxylation is 1. The number of rotatable bonds is 11. The Balaban J connectivity index is 2.24. The van der Waals surface area contributed by atoms with Crippen LogP contribution in [-0.4, -0.2) is 35.9 Å². The van der Waals surface area contributed by atoms with Crippen molar-refractivity contribution in [3.63, 3.8) is 0 Å². The molecule has 2 rings (SSSR count). The number of nitrogens with zero attached hydrogens (tertiary/aromatic N) is 1. The number of amides is 2. The summed E-state index contributed by atoms with van der Waals surface area (Å²) in [5.41, 5.74) is 2.87. The number of hydrogen-bond acceptors (Lipinski definition) is 3. The minimum Gasteiger partial charge on any atom is -0.483 e. The lowest BCUT2D eigenvalue weighted by Crippen LogP contribution is -2.50. The highest BCUT2D eigenvalue weighted by Crippen LogP contribution is 2.25. The molecule has 1 N–H and O–H groups in total. The fourth-order valence-electron chi connectivity index (χ4n) is 3.36. The van der Waals surface area contributed by atoms with Gasteiger partial charge in [-0.3, -0.25) is 9.59 Å². The van der Waals surface area contributed by atoms with Gasteiger partial charge >= 0.3 is 0 Å². The minimum absolute atomic E-state index is 0.162. The number of hydrogen-bond donors (Lipinski definition) is 1. The molecule has 2 aromatic carbocycles. The summed E-state index contributed by atoms with van der Waals surface area (Å²) in [5, 5.41) is 3.79. The molecule has 0 saturated heterocycles. The molecule has 0 bridgehead atoms. The van der Waals surface area contributed by atoms with Gasteiger partial charge < -0.3 is 15.0 Å². The number of benzene rings is 2. The first-order chi connectivity index (χ1) is 15.3. The van der Waals surface area contributed by atoms with Crippen molar-refractivity contribution < 1.29 is 14.3 Å². The van der Waals surface area contributed by atoms with Gasteiger partial charge in [0.15, 0.2) is 6.61 Å². The Morgan fingerprint density at radius 1 is 1.09 bits per heavy atom. The van der Waals surface area contributed by atoms with Gasteiger partial charge in [-0.15, -0.1) is 0 Å². The fraction of sp³-hybridized carbons (Fsp3) is 0.440. The highest BCUT2D eigenvalue weighted by molar-refractivity contribution is 6.42. The van der Waals surface area contributed by atoms with E-state index in [9.17, 15) is 9.59 Å². The van der Waals surface area contributed by atoms with Crippen LogP contribution in [-0.2, 0) is 16.1 Å². The summed E-state index contributed by atoms with van der Waals surface area (Å²) < 4.78 is 5.84. The highest BCUT2D eigenvalue weighted by Gasteiger charge is 2.29. The van der Waals surface area contributed by atoms with Crippen LogP contribution in [0.2, 0.25) is 10.0 Å². The molecule has 0 radical (unpaired) electrons. The molecule has 2 aromatic rings. The number of carbonyl (C=O) groups excluding carboxylic acids is 2. The summed E-state index contributed by atoms with van der Waals surface area (Å²) in [4.78, 5) is 27.7. The van der Waals surface area contributed by atoms with Crippen LogP contribution in [0.4, 0.5) is 0 Å². The van der Waals surface area contributed by atoms with Gasteiger partial charge in [0, 0.05) is 13.1 Å². The first kappa shape index (κ1) is 26.0. The maximum atomic E-state index is 13.3. The quantitative estimate of drug-likeness (QED) is 0.420. The van der Waals surface area contributed by atoms with Gasteiger partial charge in [-0.25, -0.2) is 0 Å². The molecule has 0 heterocycles. The molecule has 174 valence electrons. The van der Waals surface area contributed by atoms with Crippen molar-refractivity contribution in [1.82, 2.24) is 10.2 Å². The zero-order valence-corrected chi connectivity index (χ0v) is 20.7. The van der Waals surface area contributed by atoms with E-state index >= 15 is 0 Å². The van der Waals surface area contributed by atoms with E-state index in [1.165, 1.54) is 0 Å². The molecule has 32 heavy (non-hydrogen) atoms. The van der Waals surface area contributed by atoms with E-state index in [4.69, 9.17) is 27.9 Å². The Morgan fingerprint density at radius 2 is 1.84 bits per heavy atom. The van der Waals surface area contributed by atoms with Crippen LogP contribution < -0.4 is 10.1 Å².